The van der Waals surface area contributed by atoms with E-state index in [9.17, 15) is 9.18 Å². The van der Waals surface area contributed by atoms with E-state index < -0.39 is 10.6 Å². The molecule has 0 bridgehead atoms. The second kappa shape index (κ2) is 6.44. The number of halogens is 3. The third-order valence-electron chi connectivity index (χ3n) is 2.73. The van der Waals surface area contributed by atoms with Crippen molar-refractivity contribution in [2.75, 3.05) is 0 Å². The lowest BCUT2D eigenvalue weighted by atomic mass is 10.0. The average molecular weight is 386 g/mol. The van der Waals surface area contributed by atoms with Crippen molar-refractivity contribution in [3.8, 4) is 0 Å². The Morgan fingerprint density at radius 1 is 1.00 bits per heavy atom. The summed E-state index contributed by atoms with van der Waals surface area (Å²) in [6.45, 7) is 0. The lowest BCUT2D eigenvalue weighted by Crippen LogP contribution is -2.19. The molecule has 1 nitrogen and oxygen atoms in total. The van der Waals surface area contributed by atoms with Crippen LogP contribution in [0.4, 0.5) is 4.39 Å². The number of carbonyl (C=O) groups is 1. The second-order valence-corrected chi connectivity index (χ2v) is 6.06. The highest BCUT2D eigenvalue weighted by Gasteiger charge is 2.26. The maximum atomic E-state index is 13.1. The van der Waals surface area contributed by atoms with Gasteiger partial charge in [-0.3, -0.25) is 4.79 Å². The van der Waals surface area contributed by atoms with Crippen molar-refractivity contribution in [1.82, 2.24) is 0 Å². The van der Waals surface area contributed by atoms with Crippen LogP contribution in [0.5, 0.6) is 0 Å². The van der Waals surface area contributed by atoms with Crippen LogP contribution < -0.4 is 0 Å². The molecule has 0 N–H and O–H groups in total. The molecule has 0 spiro atoms. The topological polar surface area (TPSA) is 17.1 Å². The minimum Gasteiger partial charge on any atom is -0.293 e. The molecular formula is C15H11Br2FO. The summed E-state index contributed by atoms with van der Waals surface area (Å²) in [5, 5.41) is 0. The molecule has 4 heteroatoms. The molecule has 2 rings (SSSR count). The highest BCUT2D eigenvalue weighted by atomic mass is 79.9. The van der Waals surface area contributed by atoms with E-state index in [1.165, 1.54) is 18.2 Å². The average Bonchev–Trinajstić information content (AvgIpc) is 2.46. The van der Waals surface area contributed by atoms with Crippen molar-refractivity contribution in [2.45, 2.75) is 9.65 Å². The second-order valence-electron chi connectivity index (χ2n) is 4.09. The summed E-state index contributed by atoms with van der Waals surface area (Å²) >= 11 is 6.89. The molecule has 19 heavy (non-hydrogen) atoms. The lowest BCUT2D eigenvalue weighted by molar-refractivity contribution is 0.0990. The first-order valence-corrected chi connectivity index (χ1v) is 7.55. The summed E-state index contributed by atoms with van der Waals surface area (Å²) in [7, 11) is 0. The van der Waals surface area contributed by atoms with E-state index in [2.05, 4.69) is 31.9 Å². The van der Waals surface area contributed by atoms with Crippen LogP contribution in [0, 0.1) is 5.82 Å². The van der Waals surface area contributed by atoms with Gasteiger partial charge in [0.1, 0.15) is 5.82 Å². The molecule has 0 amide bonds. The summed E-state index contributed by atoms with van der Waals surface area (Å²) in [6.07, 6.45) is 0. The molecule has 0 radical (unpaired) electrons. The van der Waals surface area contributed by atoms with Crippen molar-refractivity contribution < 1.29 is 9.18 Å². The maximum Gasteiger partial charge on any atom is 0.178 e. The number of rotatable bonds is 4. The van der Waals surface area contributed by atoms with Crippen LogP contribution in [-0.2, 0) is 0 Å². The zero-order chi connectivity index (χ0) is 13.8. The number of Topliss-reactive ketones (excluding diaryl/α,β-unsaturated/α-hetero) is 1. The van der Waals surface area contributed by atoms with E-state index in [0.717, 1.165) is 5.56 Å². The van der Waals surface area contributed by atoms with Crippen LogP contribution in [0.25, 0.3) is 0 Å². The minimum absolute atomic E-state index is 0.148. The molecule has 0 fully saturated rings. The molecule has 2 unspecified atom stereocenters. The van der Waals surface area contributed by atoms with Crippen molar-refractivity contribution in [3.05, 3.63) is 71.5 Å². The number of hydrogen-bond donors (Lipinski definition) is 0. The highest BCUT2D eigenvalue weighted by molar-refractivity contribution is 9.12. The predicted octanol–water partition coefficient (Wildman–Crippen LogP) is 4.91. The van der Waals surface area contributed by atoms with Crippen molar-refractivity contribution in [2.24, 2.45) is 0 Å². The summed E-state index contributed by atoms with van der Waals surface area (Å²) < 4.78 is 13.1. The van der Waals surface area contributed by atoms with E-state index in [1.54, 1.807) is 6.07 Å². The standard InChI is InChI=1S/C15H11Br2FO/c16-13(10-5-2-1-3-6-10)14(17)15(19)11-7-4-8-12(18)9-11/h1-9,13-14H. The number of hydrogen-bond acceptors (Lipinski definition) is 1. The zero-order valence-corrected chi connectivity index (χ0v) is 13.1. The Balaban J connectivity index is 2.20. The van der Waals surface area contributed by atoms with E-state index in [1.807, 2.05) is 30.3 Å². The zero-order valence-electron chi connectivity index (χ0n) is 9.89. The largest absolute Gasteiger partial charge is 0.293 e. The van der Waals surface area contributed by atoms with Gasteiger partial charge in [-0.1, -0.05) is 74.3 Å². The van der Waals surface area contributed by atoms with Crippen LogP contribution in [0.15, 0.2) is 54.6 Å². The van der Waals surface area contributed by atoms with Crippen LogP contribution >= 0.6 is 31.9 Å². The minimum atomic E-state index is -0.448. The molecule has 0 aliphatic carbocycles. The Morgan fingerprint density at radius 3 is 2.32 bits per heavy atom. The maximum absolute atomic E-state index is 13.1. The Bertz CT molecular complexity index is 571. The molecule has 0 aliphatic heterocycles. The fraction of sp³-hybridized carbons (Fsp3) is 0.133. The number of benzene rings is 2. The normalized spacial score (nSPS) is 13.8. The third-order valence-corrected chi connectivity index (χ3v) is 5.45. The quantitative estimate of drug-likeness (QED) is 0.539. The Kier molecular flexibility index (Phi) is 4.88. The smallest absolute Gasteiger partial charge is 0.178 e. The molecule has 2 aromatic carbocycles. The van der Waals surface area contributed by atoms with Crippen molar-refractivity contribution in [1.29, 1.82) is 0 Å². The molecule has 2 atom stereocenters. The molecule has 0 aromatic heterocycles. The van der Waals surface area contributed by atoms with Gasteiger partial charge >= 0.3 is 0 Å². The monoisotopic (exact) mass is 384 g/mol. The van der Waals surface area contributed by atoms with Gasteiger partial charge in [0, 0.05) is 5.56 Å². The fourth-order valence-electron chi connectivity index (χ4n) is 1.74. The first-order valence-electron chi connectivity index (χ1n) is 5.72. The molecule has 0 saturated carbocycles. The molecule has 0 aliphatic rings. The first-order chi connectivity index (χ1) is 9.09. The van der Waals surface area contributed by atoms with Gasteiger partial charge < -0.3 is 0 Å². The van der Waals surface area contributed by atoms with E-state index in [-0.39, 0.29) is 10.6 Å². The van der Waals surface area contributed by atoms with Crippen LogP contribution in [-0.4, -0.2) is 10.6 Å². The molecule has 98 valence electrons. The van der Waals surface area contributed by atoms with Gasteiger partial charge in [0.05, 0.1) is 9.65 Å². The number of carbonyl (C=O) groups excluding carboxylic acids is 1. The van der Waals surface area contributed by atoms with E-state index in [0.29, 0.717) is 5.56 Å². The van der Waals surface area contributed by atoms with Crippen LogP contribution in [0.2, 0.25) is 0 Å². The Morgan fingerprint density at radius 2 is 1.68 bits per heavy atom. The lowest BCUT2D eigenvalue weighted by Gasteiger charge is -2.16. The summed E-state index contributed by atoms with van der Waals surface area (Å²) in [5.41, 5.74) is 1.36. The van der Waals surface area contributed by atoms with E-state index in [4.69, 9.17) is 0 Å². The van der Waals surface area contributed by atoms with Gasteiger partial charge in [-0.05, 0) is 17.7 Å². The predicted molar refractivity (Wildman–Crippen MR) is 81.6 cm³/mol. The van der Waals surface area contributed by atoms with Crippen LogP contribution in [0.3, 0.4) is 0 Å². The van der Waals surface area contributed by atoms with Crippen LogP contribution in [0.1, 0.15) is 20.7 Å². The molecule has 2 aromatic rings. The molecular weight excluding hydrogens is 375 g/mol. The van der Waals surface area contributed by atoms with Crippen molar-refractivity contribution in [3.63, 3.8) is 0 Å². The number of ketones is 1. The molecule has 0 saturated heterocycles. The number of alkyl halides is 2. The molecule has 0 heterocycles. The van der Waals surface area contributed by atoms with Gasteiger partial charge in [0.15, 0.2) is 5.78 Å². The first kappa shape index (κ1) is 14.4. The van der Waals surface area contributed by atoms with E-state index >= 15 is 0 Å². The Hall–Kier alpha value is -1.00. The van der Waals surface area contributed by atoms with Gasteiger partial charge in [0.25, 0.3) is 0 Å². The Labute approximate surface area is 128 Å². The summed E-state index contributed by atoms with van der Waals surface area (Å²) in [6, 6.07) is 15.3. The SMILES string of the molecule is O=C(c1cccc(F)c1)C(Br)C(Br)c1ccccc1. The summed E-state index contributed by atoms with van der Waals surface area (Å²) in [4.78, 5) is 11.7. The fourth-order valence-corrected chi connectivity index (χ4v) is 2.85. The van der Waals surface area contributed by atoms with Gasteiger partial charge in [0.2, 0.25) is 0 Å². The van der Waals surface area contributed by atoms with Crippen molar-refractivity contribution >= 4 is 37.6 Å². The highest BCUT2D eigenvalue weighted by Crippen LogP contribution is 2.33. The summed E-state index contributed by atoms with van der Waals surface area (Å²) in [5.74, 6) is -0.554. The third kappa shape index (κ3) is 3.51. The van der Waals surface area contributed by atoms with Gasteiger partial charge in [-0.15, -0.1) is 0 Å². The van der Waals surface area contributed by atoms with Gasteiger partial charge in [-0.2, -0.15) is 0 Å². The van der Waals surface area contributed by atoms with Gasteiger partial charge in [-0.25, -0.2) is 4.39 Å².